The average Bonchev–Trinajstić information content (AvgIpc) is 3.00. The van der Waals surface area contributed by atoms with Crippen molar-refractivity contribution >= 4 is 17.3 Å². The van der Waals surface area contributed by atoms with Crippen LogP contribution in [0.1, 0.15) is 45.4 Å². The molecule has 0 bridgehead atoms. The molecule has 2 atom stereocenters. The quantitative estimate of drug-likeness (QED) is 0.488. The highest BCUT2D eigenvalue weighted by Crippen LogP contribution is 2.51. The fourth-order valence-corrected chi connectivity index (χ4v) is 4.40. The Hall–Kier alpha value is -3.47. The standard InChI is InChI=1S/C22H16N2O3/c25-22-18-7-2-1-5-16(18)21-13-19(14-9-11-15(12-10-14)24(26)27)17-6-3-4-8-20(17)23(21)22/h1-12,19,21H,13H2/t19-,21+/m1/s1. The van der Waals surface area contributed by atoms with Crippen LogP contribution in [0.5, 0.6) is 0 Å². The summed E-state index contributed by atoms with van der Waals surface area (Å²) in [4.78, 5) is 25.5. The molecule has 1 amide bonds. The predicted octanol–water partition coefficient (Wildman–Crippen LogP) is 4.83. The lowest BCUT2D eigenvalue weighted by Crippen LogP contribution is -2.33. The zero-order valence-corrected chi connectivity index (χ0v) is 14.4. The van der Waals surface area contributed by atoms with Crippen LogP contribution in [-0.4, -0.2) is 10.8 Å². The van der Waals surface area contributed by atoms with E-state index in [1.54, 1.807) is 12.1 Å². The van der Waals surface area contributed by atoms with Gasteiger partial charge in [-0.05, 0) is 35.2 Å². The second kappa shape index (κ2) is 5.77. The number of nitrogens with zero attached hydrogens (tertiary/aromatic N) is 2. The van der Waals surface area contributed by atoms with Crippen molar-refractivity contribution in [2.45, 2.75) is 18.4 Å². The molecular weight excluding hydrogens is 340 g/mol. The number of hydrogen-bond donors (Lipinski definition) is 0. The molecule has 27 heavy (non-hydrogen) atoms. The maximum absolute atomic E-state index is 13.0. The van der Waals surface area contributed by atoms with Crippen LogP contribution in [0.3, 0.4) is 0 Å². The highest BCUT2D eigenvalue weighted by atomic mass is 16.6. The van der Waals surface area contributed by atoms with E-state index in [0.717, 1.165) is 34.4 Å². The lowest BCUT2D eigenvalue weighted by Gasteiger charge is -2.37. The first kappa shape index (κ1) is 15.8. The number of carbonyl (C=O) groups excluding carboxylic acids is 1. The van der Waals surface area contributed by atoms with E-state index in [9.17, 15) is 14.9 Å². The maximum Gasteiger partial charge on any atom is 0.269 e. The van der Waals surface area contributed by atoms with Gasteiger partial charge in [0.15, 0.2) is 0 Å². The molecule has 5 rings (SSSR count). The van der Waals surface area contributed by atoms with E-state index in [1.165, 1.54) is 0 Å². The molecule has 3 aromatic carbocycles. The van der Waals surface area contributed by atoms with Crippen molar-refractivity contribution in [2.24, 2.45) is 0 Å². The fraction of sp³-hybridized carbons (Fsp3) is 0.136. The summed E-state index contributed by atoms with van der Waals surface area (Å²) in [6.07, 6.45) is 0.761. The molecule has 2 aliphatic heterocycles. The van der Waals surface area contributed by atoms with Crippen molar-refractivity contribution < 1.29 is 9.72 Å². The number of anilines is 1. The molecule has 2 aliphatic rings. The number of amides is 1. The number of rotatable bonds is 2. The third kappa shape index (κ3) is 2.28. The Labute approximate surface area is 156 Å². The van der Waals surface area contributed by atoms with Gasteiger partial charge in [-0.25, -0.2) is 0 Å². The van der Waals surface area contributed by atoms with Gasteiger partial charge >= 0.3 is 0 Å². The number of non-ortho nitro benzene ring substituents is 1. The van der Waals surface area contributed by atoms with Gasteiger partial charge in [0.2, 0.25) is 0 Å². The number of hydrogen-bond acceptors (Lipinski definition) is 3. The summed E-state index contributed by atoms with van der Waals surface area (Å²) in [5.41, 5.74) is 4.96. The average molecular weight is 356 g/mol. The van der Waals surface area contributed by atoms with Crippen molar-refractivity contribution in [3.8, 4) is 0 Å². The number of fused-ring (bicyclic) bond motifs is 5. The first-order chi connectivity index (χ1) is 13.1. The van der Waals surface area contributed by atoms with Gasteiger partial charge in [0.25, 0.3) is 11.6 Å². The van der Waals surface area contributed by atoms with E-state index in [2.05, 4.69) is 0 Å². The van der Waals surface area contributed by atoms with E-state index in [0.29, 0.717) is 0 Å². The predicted molar refractivity (Wildman–Crippen MR) is 102 cm³/mol. The Bertz CT molecular complexity index is 1070. The van der Waals surface area contributed by atoms with Crippen LogP contribution in [0.2, 0.25) is 0 Å². The van der Waals surface area contributed by atoms with E-state index in [-0.39, 0.29) is 28.5 Å². The Morgan fingerprint density at radius 2 is 1.56 bits per heavy atom. The van der Waals surface area contributed by atoms with Gasteiger partial charge in [0, 0.05) is 29.3 Å². The molecule has 0 saturated heterocycles. The summed E-state index contributed by atoms with van der Waals surface area (Å²) < 4.78 is 0. The van der Waals surface area contributed by atoms with Crippen LogP contribution in [0.15, 0.2) is 72.8 Å². The van der Waals surface area contributed by atoms with E-state index in [4.69, 9.17) is 0 Å². The smallest absolute Gasteiger partial charge is 0.269 e. The molecule has 3 aromatic rings. The summed E-state index contributed by atoms with van der Waals surface area (Å²) in [6.45, 7) is 0. The lowest BCUT2D eigenvalue weighted by atomic mass is 9.80. The second-order valence-corrected chi connectivity index (χ2v) is 6.97. The van der Waals surface area contributed by atoms with Crippen molar-refractivity contribution in [2.75, 3.05) is 4.90 Å². The van der Waals surface area contributed by atoms with Crippen LogP contribution in [0, 0.1) is 10.1 Å². The normalized spacial score (nSPS) is 20.0. The number of carbonyl (C=O) groups is 1. The van der Waals surface area contributed by atoms with Gasteiger partial charge in [-0.15, -0.1) is 0 Å². The molecule has 5 nitrogen and oxygen atoms in total. The number of benzene rings is 3. The van der Waals surface area contributed by atoms with Crippen molar-refractivity contribution in [3.05, 3.63) is 105 Å². The maximum atomic E-state index is 13.0. The summed E-state index contributed by atoms with van der Waals surface area (Å²) in [5, 5.41) is 11.0. The molecule has 0 aromatic heterocycles. The molecule has 0 radical (unpaired) electrons. The van der Waals surface area contributed by atoms with Gasteiger partial charge in [0.1, 0.15) is 0 Å². The Morgan fingerprint density at radius 3 is 2.30 bits per heavy atom. The lowest BCUT2D eigenvalue weighted by molar-refractivity contribution is -0.384. The summed E-state index contributed by atoms with van der Waals surface area (Å²) >= 11 is 0. The minimum absolute atomic E-state index is 0.0104. The monoisotopic (exact) mass is 356 g/mol. The van der Waals surface area contributed by atoms with Crippen LogP contribution in [-0.2, 0) is 0 Å². The van der Waals surface area contributed by atoms with Gasteiger partial charge in [-0.3, -0.25) is 14.9 Å². The molecule has 0 aliphatic carbocycles. The number of nitro benzene ring substituents is 1. The van der Waals surface area contributed by atoms with Gasteiger partial charge in [-0.2, -0.15) is 0 Å². The molecule has 0 N–H and O–H groups in total. The molecule has 132 valence electrons. The molecule has 2 heterocycles. The second-order valence-electron chi connectivity index (χ2n) is 6.97. The van der Waals surface area contributed by atoms with Gasteiger partial charge in [-0.1, -0.05) is 48.5 Å². The largest absolute Gasteiger partial charge is 0.301 e. The Morgan fingerprint density at radius 1 is 0.889 bits per heavy atom. The van der Waals surface area contributed by atoms with Crippen LogP contribution in [0.25, 0.3) is 0 Å². The van der Waals surface area contributed by atoms with Crippen LogP contribution < -0.4 is 4.90 Å². The molecule has 0 unspecified atom stereocenters. The molecule has 0 spiro atoms. The first-order valence-electron chi connectivity index (χ1n) is 8.91. The molecule has 5 heteroatoms. The first-order valence-corrected chi connectivity index (χ1v) is 8.91. The molecule has 0 fully saturated rings. The third-order valence-corrected chi connectivity index (χ3v) is 5.62. The van der Waals surface area contributed by atoms with Crippen molar-refractivity contribution in [1.82, 2.24) is 0 Å². The summed E-state index contributed by atoms with van der Waals surface area (Å²) in [6, 6.07) is 22.5. The fourth-order valence-electron chi connectivity index (χ4n) is 4.40. The van der Waals surface area contributed by atoms with Crippen molar-refractivity contribution in [1.29, 1.82) is 0 Å². The minimum Gasteiger partial charge on any atom is -0.301 e. The van der Waals surface area contributed by atoms with Crippen LogP contribution >= 0.6 is 0 Å². The highest BCUT2D eigenvalue weighted by Gasteiger charge is 2.43. The highest BCUT2D eigenvalue weighted by molar-refractivity contribution is 6.11. The minimum atomic E-state index is -0.383. The topological polar surface area (TPSA) is 63.4 Å². The van der Waals surface area contributed by atoms with E-state index in [1.807, 2.05) is 65.6 Å². The van der Waals surface area contributed by atoms with Crippen molar-refractivity contribution in [3.63, 3.8) is 0 Å². The zero-order chi connectivity index (χ0) is 18.5. The zero-order valence-electron chi connectivity index (χ0n) is 14.4. The number of nitro groups is 1. The van der Waals surface area contributed by atoms with Crippen LogP contribution in [0.4, 0.5) is 11.4 Å². The summed E-state index contributed by atoms with van der Waals surface area (Å²) in [7, 11) is 0. The molecule has 0 saturated carbocycles. The van der Waals surface area contributed by atoms with E-state index >= 15 is 0 Å². The van der Waals surface area contributed by atoms with E-state index < -0.39 is 0 Å². The third-order valence-electron chi connectivity index (χ3n) is 5.62. The van der Waals surface area contributed by atoms with Gasteiger partial charge < -0.3 is 4.90 Å². The molecular formula is C22H16N2O3. The van der Waals surface area contributed by atoms with Gasteiger partial charge in [0.05, 0.1) is 11.0 Å². The Kier molecular flexibility index (Phi) is 3.37. The Balaban J connectivity index is 1.65. The SMILES string of the molecule is O=C1c2ccccc2[C@@H]2C[C@H](c3ccc([N+](=O)[O-])cc3)c3ccccc3N12. The number of para-hydroxylation sites is 1. The summed E-state index contributed by atoms with van der Waals surface area (Å²) in [5.74, 6) is 0.132.